The van der Waals surface area contributed by atoms with Gasteiger partial charge in [0.2, 0.25) is 16.8 Å². The Balaban J connectivity index is 1.67. The third-order valence-corrected chi connectivity index (χ3v) is 5.52. The summed E-state index contributed by atoms with van der Waals surface area (Å²) < 4.78 is 38.2. The highest BCUT2D eigenvalue weighted by Gasteiger charge is 2.18. The molecule has 144 valence electrons. The smallest absolute Gasteiger partial charge is 0.251 e. The molecule has 1 heterocycles. The van der Waals surface area contributed by atoms with Crippen molar-refractivity contribution in [1.82, 2.24) is 10.0 Å². The molecule has 27 heavy (non-hydrogen) atoms. The molecule has 0 radical (unpaired) electrons. The Morgan fingerprint density at radius 2 is 1.93 bits per heavy atom. The highest BCUT2D eigenvalue weighted by Crippen LogP contribution is 2.32. The molecule has 0 unspecified atom stereocenters. The molecule has 7 nitrogen and oxygen atoms in total. The van der Waals surface area contributed by atoms with E-state index in [9.17, 15) is 13.2 Å². The van der Waals surface area contributed by atoms with E-state index < -0.39 is 10.0 Å². The van der Waals surface area contributed by atoms with E-state index in [1.165, 1.54) is 12.1 Å². The molecule has 2 aromatic carbocycles. The van der Waals surface area contributed by atoms with Gasteiger partial charge >= 0.3 is 0 Å². The standard InChI is InChI=1S/C19H22N2O5S/c1-2-3-9-20-19(22)15-5-4-6-16(11-15)27(23,24)21-12-14-7-8-17-18(10-14)26-13-25-17/h4-8,10-11,21H,2-3,9,12-13H2,1H3,(H,20,22). The zero-order chi connectivity index (χ0) is 19.3. The lowest BCUT2D eigenvalue weighted by Gasteiger charge is -2.09. The molecule has 1 aliphatic rings. The molecule has 0 spiro atoms. The van der Waals surface area contributed by atoms with Crippen LogP contribution >= 0.6 is 0 Å². The zero-order valence-corrected chi connectivity index (χ0v) is 15.8. The quantitative estimate of drug-likeness (QED) is 0.675. The van der Waals surface area contributed by atoms with E-state index in [2.05, 4.69) is 10.0 Å². The van der Waals surface area contributed by atoms with Gasteiger partial charge in [-0.3, -0.25) is 4.79 Å². The fourth-order valence-electron chi connectivity index (χ4n) is 2.60. The Bertz CT molecular complexity index is 927. The molecule has 0 saturated heterocycles. The van der Waals surface area contributed by atoms with Crippen molar-refractivity contribution in [2.75, 3.05) is 13.3 Å². The maximum absolute atomic E-state index is 12.6. The highest BCUT2D eigenvalue weighted by atomic mass is 32.2. The zero-order valence-electron chi connectivity index (χ0n) is 15.0. The molecule has 1 amide bonds. The van der Waals surface area contributed by atoms with Crippen LogP contribution in [0.3, 0.4) is 0 Å². The normalized spacial score (nSPS) is 12.8. The summed E-state index contributed by atoms with van der Waals surface area (Å²) in [6.07, 6.45) is 1.85. The van der Waals surface area contributed by atoms with Gasteiger partial charge < -0.3 is 14.8 Å². The number of ether oxygens (including phenoxy) is 2. The summed E-state index contributed by atoms with van der Waals surface area (Å²) in [7, 11) is -3.76. The second kappa shape index (κ2) is 8.41. The lowest BCUT2D eigenvalue weighted by atomic mass is 10.2. The first kappa shape index (κ1) is 19.2. The molecule has 0 bridgehead atoms. The van der Waals surface area contributed by atoms with Crippen LogP contribution in [0.15, 0.2) is 47.4 Å². The van der Waals surface area contributed by atoms with Gasteiger partial charge in [-0.2, -0.15) is 0 Å². The Kier molecular flexibility index (Phi) is 5.98. The predicted molar refractivity (Wildman–Crippen MR) is 100 cm³/mol. The van der Waals surface area contributed by atoms with Gasteiger partial charge in [0.1, 0.15) is 0 Å². The predicted octanol–water partition coefficient (Wildman–Crippen LogP) is 2.42. The number of fused-ring (bicyclic) bond motifs is 1. The molecule has 8 heteroatoms. The number of carbonyl (C=O) groups is 1. The Hall–Kier alpha value is -2.58. The number of carbonyl (C=O) groups excluding carboxylic acids is 1. The third kappa shape index (κ3) is 4.78. The topological polar surface area (TPSA) is 93.7 Å². The first-order valence-electron chi connectivity index (χ1n) is 8.76. The van der Waals surface area contributed by atoms with E-state index in [0.717, 1.165) is 18.4 Å². The summed E-state index contributed by atoms with van der Waals surface area (Å²) in [6.45, 7) is 2.86. The number of amides is 1. The van der Waals surface area contributed by atoms with E-state index in [4.69, 9.17) is 9.47 Å². The molecule has 1 aliphatic heterocycles. The van der Waals surface area contributed by atoms with E-state index in [0.29, 0.717) is 23.6 Å². The molecule has 2 N–H and O–H groups in total. The SMILES string of the molecule is CCCCNC(=O)c1cccc(S(=O)(=O)NCc2ccc3c(c2)OCO3)c1. The van der Waals surface area contributed by atoms with Crippen molar-refractivity contribution in [1.29, 1.82) is 0 Å². The molecule has 0 fully saturated rings. The maximum Gasteiger partial charge on any atom is 0.251 e. The van der Waals surface area contributed by atoms with Gasteiger partial charge in [0.05, 0.1) is 4.90 Å². The minimum atomic E-state index is -3.76. The molecule has 0 aromatic heterocycles. The molecule has 2 aromatic rings. The second-order valence-electron chi connectivity index (χ2n) is 6.15. The summed E-state index contributed by atoms with van der Waals surface area (Å²) in [5.41, 5.74) is 1.06. The minimum Gasteiger partial charge on any atom is -0.454 e. The first-order valence-corrected chi connectivity index (χ1v) is 10.2. The van der Waals surface area contributed by atoms with Crippen LogP contribution in [0.2, 0.25) is 0 Å². The summed E-state index contributed by atoms with van der Waals surface area (Å²) in [5, 5.41) is 2.78. The van der Waals surface area contributed by atoms with E-state index in [1.54, 1.807) is 30.3 Å². The van der Waals surface area contributed by atoms with Crippen LogP contribution in [-0.4, -0.2) is 27.7 Å². The summed E-state index contributed by atoms with van der Waals surface area (Å²) in [6, 6.07) is 11.2. The number of nitrogens with one attached hydrogen (secondary N) is 2. The van der Waals surface area contributed by atoms with Crippen LogP contribution in [0.5, 0.6) is 11.5 Å². The number of hydrogen-bond donors (Lipinski definition) is 2. The largest absolute Gasteiger partial charge is 0.454 e. The van der Waals surface area contributed by atoms with E-state index in [1.807, 2.05) is 6.92 Å². The van der Waals surface area contributed by atoms with Crippen LogP contribution in [0.4, 0.5) is 0 Å². The number of rotatable bonds is 8. The Labute approximate surface area is 158 Å². The highest BCUT2D eigenvalue weighted by molar-refractivity contribution is 7.89. The van der Waals surface area contributed by atoms with Gasteiger partial charge in [0.15, 0.2) is 11.5 Å². The molecule has 0 aliphatic carbocycles. The second-order valence-corrected chi connectivity index (χ2v) is 7.92. The fraction of sp³-hybridized carbons (Fsp3) is 0.316. The number of sulfonamides is 1. The van der Waals surface area contributed by atoms with Crippen molar-refractivity contribution >= 4 is 15.9 Å². The van der Waals surface area contributed by atoms with Gasteiger partial charge in [-0.1, -0.05) is 25.5 Å². The van der Waals surface area contributed by atoms with Crippen molar-refractivity contribution in [3.63, 3.8) is 0 Å². The number of hydrogen-bond acceptors (Lipinski definition) is 5. The monoisotopic (exact) mass is 390 g/mol. The summed E-state index contributed by atoms with van der Waals surface area (Å²) >= 11 is 0. The lowest BCUT2D eigenvalue weighted by molar-refractivity contribution is 0.0953. The Morgan fingerprint density at radius 1 is 1.11 bits per heavy atom. The van der Waals surface area contributed by atoms with Gasteiger partial charge in [0.25, 0.3) is 5.91 Å². The Morgan fingerprint density at radius 3 is 2.74 bits per heavy atom. The van der Waals surface area contributed by atoms with E-state index in [-0.39, 0.29) is 24.1 Å². The fourth-order valence-corrected chi connectivity index (χ4v) is 3.66. The van der Waals surface area contributed by atoms with Gasteiger partial charge in [-0.25, -0.2) is 13.1 Å². The average Bonchev–Trinajstić information content (AvgIpc) is 3.14. The maximum atomic E-state index is 12.6. The first-order chi connectivity index (χ1) is 13.0. The van der Waals surface area contributed by atoms with Gasteiger partial charge in [-0.05, 0) is 42.3 Å². The van der Waals surface area contributed by atoms with Crippen LogP contribution in [0, 0.1) is 0 Å². The minimum absolute atomic E-state index is 0.0476. The lowest BCUT2D eigenvalue weighted by Crippen LogP contribution is -2.26. The summed E-state index contributed by atoms with van der Waals surface area (Å²) in [5.74, 6) is 0.956. The third-order valence-electron chi connectivity index (χ3n) is 4.13. The van der Waals surface area contributed by atoms with Crippen LogP contribution < -0.4 is 19.5 Å². The molecule has 0 saturated carbocycles. The number of unbranched alkanes of at least 4 members (excludes halogenated alkanes) is 1. The van der Waals surface area contributed by atoms with Crippen molar-refractivity contribution in [3.05, 3.63) is 53.6 Å². The van der Waals surface area contributed by atoms with Crippen LogP contribution in [-0.2, 0) is 16.6 Å². The molecule has 0 atom stereocenters. The van der Waals surface area contributed by atoms with Crippen molar-refractivity contribution in [2.24, 2.45) is 0 Å². The molecular weight excluding hydrogens is 368 g/mol. The van der Waals surface area contributed by atoms with Gasteiger partial charge in [0, 0.05) is 18.7 Å². The van der Waals surface area contributed by atoms with Gasteiger partial charge in [-0.15, -0.1) is 0 Å². The van der Waals surface area contributed by atoms with Crippen molar-refractivity contribution in [3.8, 4) is 11.5 Å². The van der Waals surface area contributed by atoms with Crippen molar-refractivity contribution < 1.29 is 22.7 Å². The van der Waals surface area contributed by atoms with Crippen LogP contribution in [0.25, 0.3) is 0 Å². The van der Waals surface area contributed by atoms with E-state index >= 15 is 0 Å². The summed E-state index contributed by atoms with van der Waals surface area (Å²) in [4.78, 5) is 12.2. The van der Waals surface area contributed by atoms with Crippen molar-refractivity contribution in [2.45, 2.75) is 31.2 Å². The van der Waals surface area contributed by atoms with Crippen LogP contribution in [0.1, 0.15) is 35.7 Å². The molecule has 3 rings (SSSR count). The molecular formula is C19H22N2O5S. The average molecular weight is 390 g/mol. The number of benzene rings is 2.